The highest BCUT2D eigenvalue weighted by atomic mass is 32.2. The maximum atomic E-state index is 10.4. The van der Waals surface area contributed by atoms with E-state index in [0.29, 0.717) is 0 Å². The van der Waals surface area contributed by atoms with Crippen LogP contribution in [0.4, 0.5) is 0 Å². The third-order valence-electron chi connectivity index (χ3n) is 0.656. The van der Waals surface area contributed by atoms with E-state index in [-0.39, 0.29) is 6.61 Å². The minimum atomic E-state index is -2.67. The molecule has 0 saturated carbocycles. The van der Waals surface area contributed by atoms with E-state index in [1.165, 1.54) is 0 Å². The van der Waals surface area contributed by atoms with Gasteiger partial charge in [-0.1, -0.05) is 0 Å². The van der Waals surface area contributed by atoms with E-state index in [4.69, 9.17) is 5.73 Å². The van der Waals surface area contributed by atoms with E-state index in [1.54, 1.807) is 6.92 Å². The Morgan fingerprint density at radius 3 is 2.40 bits per heavy atom. The molecule has 10 heavy (non-hydrogen) atoms. The Balaban J connectivity index is 4.39. The first-order valence-corrected chi connectivity index (χ1v) is 3.56. The van der Waals surface area contributed by atoms with Crippen molar-refractivity contribution in [2.75, 3.05) is 6.61 Å². The molecule has 0 aliphatic carbocycles. The second-order valence-electron chi connectivity index (χ2n) is 1.32. The number of hydrogen-bond donors (Lipinski definition) is 1. The standard InChI is InChI=1S/C4H7NO4S/c1-2-9-4(6)3(5)10(7)8/h2,5H2,1H3. The molecule has 0 aromatic carbocycles. The molecule has 0 rings (SSSR count). The van der Waals surface area contributed by atoms with Crippen molar-refractivity contribution in [3.05, 3.63) is 0 Å². The lowest BCUT2D eigenvalue weighted by atomic mass is 10.7. The average molecular weight is 165 g/mol. The zero-order valence-corrected chi connectivity index (χ0v) is 6.14. The number of ether oxygens (including phenoxy) is 1. The van der Waals surface area contributed by atoms with E-state index in [0.717, 1.165) is 0 Å². The van der Waals surface area contributed by atoms with Crippen LogP contribution in [0.3, 0.4) is 0 Å². The summed E-state index contributed by atoms with van der Waals surface area (Å²) in [6.45, 7) is 1.66. The molecule has 6 heteroatoms. The molecule has 0 aromatic rings. The molecule has 2 N–H and O–H groups in total. The summed E-state index contributed by atoms with van der Waals surface area (Å²) in [5.74, 6) is -1.00. The van der Waals surface area contributed by atoms with Crippen LogP contribution in [-0.2, 0) is 19.8 Å². The van der Waals surface area contributed by atoms with Gasteiger partial charge < -0.3 is 4.74 Å². The molecule has 0 bridgehead atoms. The van der Waals surface area contributed by atoms with Gasteiger partial charge in [0, 0.05) is 0 Å². The van der Waals surface area contributed by atoms with E-state index in [1.807, 2.05) is 0 Å². The fraction of sp³-hybridized carbons (Fsp3) is 0.500. The second kappa shape index (κ2) is 4.02. The number of hydrogen-bond acceptors (Lipinski definition) is 4. The van der Waals surface area contributed by atoms with Gasteiger partial charge in [-0.15, -0.1) is 0 Å². The predicted molar refractivity (Wildman–Crippen MR) is 34.7 cm³/mol. The van der Waals surface area contributed by atoms with Crippen LogP contribution >= 0.6 is 0 Å². The highest BCUT2D eigenvalue weighted by molar-refractivity contribution is 7.74. The van der Waals surface area contributed by atoms with Gasteiger partial charge in [0.05, 0.1) is 6.61 Å². The molecular weight excluding hydrogens is 158 g/mol. The van der Waals surface area contributed by atoms with Crippen LogP contribution in [0.1, 0.15) is 6.92 Å². The maximum absolute atomic E-state index is 10.4. The third kappa shape index (κ3) is 2.60. The van der Waals surface area contributed by atoms with Crippen LogP contribution in [0.15, 0.2) is 0 Å². The monoisotopic (exact) mass is 165 g/mol. The van der Waals surface area contributed by atoms with Gasteiger partial charge in [-0.3, -0.25) is 5.73 Å². The van der Waals surface area contributed by atoms with Gasteiger partial charge in [0.15, 0.2) is 0 Å². The fourth-order valence-corrected chi connectivity index (χ4v) is 0.465. The van der Waals surface area contributed by atoms with Crippen molar-refractivity contribution < 1.29 is 17.9 Å². The summed E-state index contributed by atoms with van der Waals surface area (Å²) in [7, 11) is -2.67. The minimum absolute atomic E-state index is 0.108. The molecular formula is C4H7NO4S. The van der Waals surface area contributed by atoms with E-state index in [2.05, 4.69) is 4.74 Å². The van der Waals surface area contributed by atoms with E-state index in [9.17, 15) is 13.2 Å². The number of carbonyl (C=O) groups is 1. The lowest BCUT2D eigenvalue weighted by Crippen LogP contribution is -2.26. The molecule has 0 heterocycles. The van der Waals surface area contributed by atoms with Crippen molar-refractivity contribution in [2.45, 2.75) is 6.92 Å². The molecule has 0 aliphatic heterocycles. The smallest absolute Gasteiger partial charge is 0.365 e. The Bertz CT molecular complexity index is 244. The van der Waals surface area contributed by atoms with Crippen molar-refractivity contribution in [1.29, 1.82) is 0 Å². The SMILES string of the molecule is CCOC(=O)C(N)=S(=O)=O. The summed E-state index contributed by atoms with van der Waals surface area (Å²) in [6.07, 6.45) is 0. The highest BCUT2D eigenvalue weighted by Gasteiger charge is 2.07. The van der Waals surface area contributed by atoms with Crippen molar-refractivity contribution in [2.24, 2.45) is 5.73 Å². The van der Waals surface area contributed by atoms with Crippen molar-refractivity contribution in [3.63, 3.8) is 0 Å². The van der Waals surface area contributed by atoms with E-state index >= 15 is 0 Å². The summed E-state index contributed by atoms with van der Waals surface area (Å²) in [5, 5.41) is 0. The Labute approximate surface area is 59.3 Å². The van der Waals surface area contributed by atoms with Gasteiger partial charge in [0.25, 0.3) is 0 Å². The Kier molecular flexibility index (Phi) is 3.67. The first-order valence-electron chi connectivity index (χ1n) is 2.48. The first-order chi connectivity index (χ1) is 4.59. The summed E-state index contributed by atoms with van der Waals surface area (Å²) in [5.41, 5.74) is 4.78. The predicted octanol–water partition coefficient (Wildman–Crippen LogP) is -1.48. The zero-order valence-electron chi connectivity index (χ0n) is 5.33. The molecule has 58 valence electrons. The lowest BCUT2D eigenvalue weighted by molar-refractivity contribution is -0.134. The Hall–Kier alpha value is -0.880. The molecule has 0 unspecified atom stereocenters. The number of nitrogens with two attached hydrogens (primary N) is 1. The van der Waals surface area contributed by atoms with Crippen molar-refractivity contribution >= 4 is 21.3 Å². The molecule has 0 fully saturated rings. The average Bonchev–Trinajstić information content (AvgIpc) is 1.87. The third-order valence-corrected chi connectivity index (χ3v) is 1.18. The number of carbonyl (C=O) groups excluding carboxylic acids is 1. The van der Waals surface area contributed by atoms with Gasteiger partial charge in [0.1, 0.15) is 0 Å². The van der Waals surface area contributed by atoms with Crippen LogP contribution in [0.2, 0.25) is 0 Å². The minimum Gasteiger partial charge on any atom is -0.461 e. The summed E-state index contributed by atoms with van der Waals surface area (Å²) >= 11 is 0. The van der Waals surface area contributed by atoms with Gasteiger partial charge in [-0.2, -0.15) is 8.42 Å². The molecule has 0 saturated heterocycles. The van der Waals surface area contributed by atoms with Crippen molar-refractivity contribution in [3.8, 4) is 0 Å². The molecule has 0 atom stereocenters. The lowest BCUT2D eigenvalue weighted by Gasteiger charge is -1.94. The molecule has 0 aliphatic rings. The summed E-state index contributed by atoms with van der Waals surface area (Å²) in [6, 6.07) is 0. The van der Waals surface area contributed by atoms with Crippen LogP contribution < -0.4 is 5.73 Å². The van der Waals surface area contributed by atoms with Gasteiger partial charge in [0.2, 0.25) is 15.3 Å². The normalized spacial score (nSPS) is 8.60. The quantitative estimate of drug-likeness (QED) is 0.378. The van der Waals surface area contributed by atoms with Crippen LogP contribution in [0.5, 0.6) is 0 Å². The highest BCUT2D eigenvalue weighted by Crippen LogP contribution is 1.74. The topological polar surface area (TPSA) is 86.5 Å². The van der Waals surface area contributed by atoms with Crippen LogP contribution in [0, 0.1) is 0 Å². The van der Waals surface area contributed by atoms with Gasteiger partial charge >= 0.3 is 5.97 Å². The molecule has 0 aromatic heterocycles. The van der Waals surface area contributed by atoms with Gasteiger partial charge in [-0.25, -0.2) is 4.79 Å². The van der Waals surface area contributed by atoms with E-state index < -0.39 is 21.3 Å². The summed E-state index contributed by atoms with van der Waals surface area (Å²) in [4.78, 5) is 9.62. The van der Waals surface area contributed by atoms with Crippen LogP contribution in [-0.4, -0.2) is 26.0 Å². The van der Waals surface area contributed by atoms with Gasteiger partial charge in [-0.05, 0) is 6.92 Å². The second-order valence-corrected chi connectivity index (χ2v) is 2.23. The Morgan fingerprint density at radius 2 is 2.10 bits per heavy atom. The molecule has 0 spiro atoms. The largest absolute Gasteiger partial charge is 0.461 e. The zero-order chi connectivity index (χ0) is 8.15. The summed E-state index contributed by atoms with van der Waals surface area (Å²) < 4.78 is 24.2. The first kappa shape index (κ1) is 9.12. The molecule has 0 amide bonds. The van der Waals surface area contributed by atoms with Crippen LogP contribution in [0.25, 0.3) is 0 Å². The Morgan fingerprint density at radius 1 is 1.60 bits per heavy atom. The van der Waals surface area contributed by atoms with Crippen molar-refractivity contribution in [1.82, 2.24) is 0 Å². The molecule has 0 radical (unpaired) electrons. The fourth-order valence-electron chi connectivity index (χ4n) is 0.270. The maximum Gasteiger partial charge on any atom is 0.365 e. The molecule has 5 nitrogen and oxygen atoms in total. The number of rotatable bonds is 1. The number of esters is 1.